The van der Waals surface area contributed by atoms with E-state index >= 15 is 0 Å². The molecule has 0 saturated carbocycles. The lowest BCUT2D eigenvalue weighted by molar-refractivity contribution is 0.295. The van der Waals surface area contributed by atoms with Crippen molar-refractivity contribution in [1.29, 1.82) is 0 Å². The van der Waals surface area contributed by atoms with Crippen molar-refractivity contribution in [2.45, 2.75) is 12.6 Å². The highest BCUT2D eigenvalue weighted by Gasteiger charge is 2.20. The number of ether oxygens (including phenoxy) is 2. The van der Waals surface area contributed by atoms with Gasteiger partial charge >= 0.3 is 0 Å². The Balaban J connectivity index is 1.70. The van der Waals surface area contributed by atoms with Crippen LogP contribution in [-0.2, 0) is 13.7 Å². The molecule has 2 aromatic rings. The second kappa shape index (κ2) is 4.34. The molecular weight excluding hydrogens is 230 g/mol. The van der Waals surface area contributed by atoms with Gasteiger partial charge in [0.05, 0.1) is 11.7 Å². The van der Waals surface area contributed by atoms with E-state index in [1.54, 1.807) is 4.68 Å². The Kier molecular flexibility index (Phi) is 2.68. The molecule has 2 N–H and O–H groups in total. The first-order valence-corrected chi connectivity index (χ1v) is 5.86. The van der Waals surface area contributed by atoms with Gasteiger partial charge in [-0.2, -0.15) is 5.10 Å². The van der Waals surface area contributed by atoms with Crippen molar-refractivity contribution < 1.29 is 9.47 Å². The van der Waals surface area contributed by atoms with E-state index in [0.717, 1.165) is 22.8 Å². The van der Waals surface area contributed by atoms with Gasteiger partial charge in [-0.15, -0.1) is 0 Å². The Hall–Kier alpha value is -2.01. The largest absolute Gasteiger partial charge is 0.491 e. The number of rotatable bonds is 3. The molecule has 0 amide bonds. The smallest absolute Gasteiger partial charge is 0.132 e. The van der Waals surface area contributed by atoms with Crippen LogP contribution in [0.4, 0.5) is 0 Å². The minimum Gasteiger partial charge on any atom is -0.491 e. The molecule has 5 nitrogen and oxygen atoms in total. The molecule has 0 spiro atoms. The fraction of sp³-hybridized carbons (Fsp3) is 0.308. The highest BCUT2D eigenvalue weighted by Crippen LogP contribution is 2.34. The Morgan fingerprint density at radius 2 is 2.39 bits per heavy atom. The maximum absolute atomic E-state index is 5.89. The third-order valence-corrected chi connectivity index (χ3v) is 2.96. The summed E-state index contributed by atoms with van der Waals surface area (Å²) in [7, 11) is 1.88. The third kappa shape index (κ3) is 2.04. The predicted molar refractivity (Wildman–Crippen MR) is 66.4 cm³/mol. The van der Waals surface area contributed by atoms with Gasteiger partial charge < -0.3 is 15.2 Å². The summed E-state index contributed by atoms with van der Waals surface area (Å²) in [6, 6.07) is 7.66. The molecule has 0 bridgehead atoms. The summed E-state index contributed by atoms with van der Waals surface area (Å²) in [5.41, 5.74) is 7.83. The van der Waals surface area contributed by atoms with Crippen LogP contribution in [0.2, 0.25) is 0 Å². The molecule has 0 aliphatic carbocycles. The zero-order valence-corrected chi connectivity index (χ0v) is 10.2. The minimum absolute atomic E-state index is 0.0233. The molecule has 1 atom stereocenters. The zero-order chi connectivity index (χ0) is 12.5. The summed E-state index contributed by atoms with van der Waals surface area (Å²) in [5.74, 6) is 1.59. The fourth-order valence-electron chi connectivity index (χ4n) is 2.00. The van der Waals surface area contributed by atoms with Crippen LogP contribution in [0.5, 0.6) is 11.5 Å². The number of nitrogens with two attached hydrogens (primary N) is 1. The van der Waals surface area contributed by atoms with Crippen LogP contribution in [0.15, 0.2) is 30.5 Å². The van der Waals surface area contributed by atoms with Gasteiger partial charge in [-0.3, -0.25) is 4.68 Å². The molecule has 0 radical (unpaired) electrons. The first-order chi connectivity index (χ1) is 8.72. The van der Waals surface area contributed by atoms with Crippen molar-refractivity contribution in [3.63, 3.8) is 0 Å². The number of nitrogens with zero attached hydrogens (tertiary/aromatic N) is 2. The van der Waals surface area contributed by atoms with E-state index in [-0.39, 0.29) is 6.04 Å². The number of hydrogen-bond donors (Lipinski definition) is 1. The molecule has 94 valence electrons. The van der Waals surface area contributed by atoms with Crippen molar-refractivity contribution in [1.82, 2.24) is 9.78 Å². The summed E-state index contributed by atoms with van der Waals surface area (Å²) < 4.78 is 12.9. The lowest BCUT2D eigenvalue weighted by Gasteiger charge is -2.06. The number of benzene rings is 1. The number of aromatic nitrogens is 2. The van der Waals surface area contributed by atoms with Crippen LogP contribution in [0.1, 0.15) is 17.3 Å². The molecule has 18 heavy (non-hydrogen) atoms. The van der Waals surface area contributed by atoms with Crippen LogP contribution in [0, 0.1) is 0 Å². The highest BCUT2D eigenvalue weighted by molar-refractivity contribution is 5.44. The van der Waals surface area contributed by atoms with Crippen LogP contribution in [0.3, 0.4) is 0 Å². The van der Waals surface area contributed by atoms with Gasteiger partial charge in [0.2, 0.25) is 0 Å². The van der Waals surface area contributed by atoms with Gasteiger partial charge in [-0.05, 0) is 18.2 Å². The second-order valence-electron chi connectivity index (χ2n) is 4.39. The van der Waals surface area contributed by atoms with Gasteiger partial charge in [-0.25, -0.2) is 0 Å². The van der Waals surface area contributed by atoms with E-state index in [0.29, 0.717) is 13.2 Å². The average Bonchev–Trinajstić information content (AvgIpc) is 2.94. The van der Waals surface area contributed by atoms with Crippen LogP contribution in [0.25, 0.3) is 0 Å². The Morgan fingerprint density at radius 3 is 3.17 bits per heavy atom. The summed E-state index contributed by atoms with van der Waals surface area (Å²) >= 11 is 0. The first-order valence-electron chi connectivity index (χ1n) is 5.86. The third-order valence-electron chi connectivity index (χ3n) is 2.96. The van der Waals surface area contributed by atoms with E-state index in [2.05, 4.69) is 5.10 Å². The molecule has 1 unspecified atom stereocenters. The van der Waals surface area contributed by atoms with Crippen LogP contribution in [-0.4, -0.2) is 16.4 Å². The second-order valence-corrected chi connectivity index (χ2v) is 4.39. The SMILES string of the molecule is Cn1ccc(COc2ccc3c(c2)OCC3N)n1. The summed E-state index contributed by atoms with van der Waals surface area (Å²) in [5, 5.41) is 4.25. The molecular formula is C13H15N3O2. The summed E-state index contributed by atoms with van der Waals surface area (Å²) in [4.78, 5) is 0. The lowest BCUT2D eigenvalue weighted by atomic mass is 10.1. The molecule has 5 heteroatoms. The number of hydrogen-bond acceptors (Lipinski definition) is 4. The molecule has 2 heterocycles. The quantitative estimate of drug-likeness (QED) is 0.887. The topological polar surface area (TPSA) is 62.3 Å². The van der Waals surface area contributed by atoms with Gasteiger partial charge in [0.15, 0.2) is 0 Å². The highest BCUT2D eigenvalue weighted by atomic mass is 16.5. The first kappa shape index (κ1) is 11.1. The number of fused-ring (bicyclic) bond motifs is 1. The molecule has 1 aliphatic rings. The Bertz CT molecular complexity index is 565. The number of aryl methyl sites for hydroxylation is 1. The minimum atomic E-state index is -0.0233. The molecule has 0 fully saturated rings. The van der Waals surface area contributed by atoms with Gasteiger partial charge in [0.25, 0.3) is 0 Å². The van der Waals surface area contributed by atoms with E-state index in [1.165, 1.54) is 0 Å². The van der Waals surface area contributed by atoms with Crippen molar-refractivity contribution in [3.05, 3.63) is 41.7 Å². The van der Waals surface area contributed by atoms with Gasteiger partial charge in [-0.1, -0.05) is 0 Å². The molecule has 1 aromatic carbocycles. The monoisotopic (exact) mass is 245 g/mol. The Morgan fingerprint density at radius 1 is 1.50 bits per heavy atom. The maximum atomic E-state index is 5.89. The van der Waals surface area contributed by atoms with Crippen molar-refractivity contribution in [2.75, 3.05) is 6.61 Å². The average molecular weight is 245 g/mol. The predicted octanol–water partition coefficient (Wildman–Crippen LogP) is 1.39. The van der Waals surface area contributed by atoms with E-state index in [9.17, 15) is 0 Å². The van der Waals surface area contributed by atoms with Crippen LogP contribution < -0.4 is 15.2 Å². The van der Waals surface area contributed by atoms with Gasteiger partial charge in [0, 0.05) is 24.9 Å². The van der Waals surface area contributed by atoms with E-state index < -0.39 is 0 Å². The molecule has 0 saturated heterocycles. The molecule has 3 rings (SSSR count). The standard InChI is InChI=1S/C13H15N3O2/c1-16-5-4-9(15-16)7-17-10-2-3-11-12(14)8-18-13(11)6-10/h2-6,12H,7-8,14H2,1H3. The van der Waals surface area contributed by atoms with Crippen molar-refractivity contribution in [2.24, 2.45) is 12.8 Å². The van der Waals surface area contributed by atoms with E-state index in [1.807, 2.05) is 37.5 Å². The normalized spacial score (nSPS) is 17.3. The Labute approximate surface area is 105 Å². The fourth-order valence-corrected chi connectivity index (χ4v) is 2.00. The summed E-state index contributed by atoms with van der Waals surface area (Å²) in [6.45, 7) is 0.991. The van der Waals surface area contributed by atoms with Crippen LogP contribution >= 0.6 is 0 Å². The van der Waals surface area contributed by atoms with E-state index in [4.69, 9.17) is 15.2 Å². The van der Waals surface area contributed by atoms with Crippen molar-refractivity contribution >= 4 is 0 Å². The molecule has 1 aromatic heterocycles. The maximum Gasteiger partial charge on any atom is 0.132 e. The van der Waals surface area contributed by atoms with Crippen molar-refractivity contribution in [3.8, 4) is 11.5 Å². The molecule has 1 aliphatic heterocycles. The summed E-state index contributed by atoms with van der Waals surface area (Å²) in [6.07, 6.45) is 1.89. The zero-order valence-electron chi connectivity index (χ0n) is 10.2. The van der Waals surface area contributed by atoms with Gasteiger partial charge in [0.1, 0.15) is 24.7 Å². The lowest BCUT2D eigenvalue weighted by Crippen LogP contribution is -2.10.